The topological polar surface area (TPSA) is 38.5 Å². The Bertz CT molecular complexity index is 357. The fourth-order valence-corrected chi connectivity index (χ4v) is 1.92. The van der Waals surface area contributed by atoms with Crippen LogP contribution in [0.5, 0.6) is 0 Å². The summed E-state index contributed by atoms with van der Waals surface area (Å²) >= 11 is 0. The lowest BCUT2D eigenvalue weighted by Crippen LogP contribution is -2.36. The van der Waals surface area contributed by atoms with Crippen molar-refractivity contribution in [2.24, 2.45) is 5.73 Å². The Morgan fingerprint density at radius 2 is 2.00 bits per heavy atom. The summed E-state index contributed by atoms with van der Waals surface area (Å²) in [5, 5.41) is 0. The predicted molar refractivity (Wildman–Crippen MR) is 67.6 cm³/mol. The van der Waals surface area contributed by atoms with Gasteiger partial charge in [0.25, 0.3) is 0 Å². The van der Waals surface area contributed by atoms with Crippen LogP contribution in [-0.2, 0) is 4.74 Å². The molecule has 86 valence electrons. The van der Waals surface area contributed by atoms with Gasteiger partial charge in [-0.15, -0.1) is 0 Å². The second kappa shape index (κ2) is 5.68. The number of anilines is 1. The number of hydrogen-bond acceptors (Lipinski definition) is 3. The molecule has 1 aliphatic heterocycles. The number of para-hydroxylation sites is 1. The predicted octanol–water partition coefficient (Wildman–Crippen LogP) is 1.50. The van der Waals surface area contributed by atoms with Crippen LogP contribution in [0.3, 0.4) is 0 Å². The molecule has 1 aliphatic rings. The average molecular weight is 218 g/mol. The third kappa shape index (κ3) is 2.62. The van der Waals surface area contributed by atoms with Crippen LogP contribution in [0.4, 0.5) is 5.69 Å². The van der Waals surface area contributed by atoms with E-state index in [1.807, 2.05) is 6.08 Å². The van der Waals surface area contributed by atoms with Crippen molar-refractivity contribution in [3.8, 4) is 0 Å². The quantitative estimate of drug-likeness (QED) is 0.835. The molecule has 1 heterocycles. The number of nitrogens with two attached hydrogens (primary N) is 1. The van der Waals surface area contributed by atoms with E-state index in [1.54, 1.807) is 0 Å². The van der Waals surface area contributed by atoms with Crippen molar-refractivity contribution in [3.05, 3.63) is 35.9 Å². The summed E-state index contributed by atoms with van der Waals surface area (Å²) < 4.78 is 5.36. The smallest absolute Gasteiger partial charge is 0.0642 e. The lowest BCUT2D eigenvalue weighted by atomic mass is 10.1. The van der Waals surface area contributed by atoms with Crippen LogP contribution in [0.1, 0.15) is 5.56 Å². The molecule has 0 saturated carbocycles. The third-order valence-corrected chi connectivity index (χ3v) is 2.72. The van der Waals surface area contributed by atoms with Crippen LogP contribution in [0.15, 0.2) is 30.3 Å². The molecule has 3 heteroatoms. The van der Waals surface area contributed by atoms with Crippen molar-refractivity contribution in [2.75, 3.05) is 37.7 Å². The van der Waals surface area contributed by atoms with Gasteiger partial charge in [0.2, 0.25) is 0 Å². The minimum absolute atomic E-state index is 0.581. The Labute approximate surface area is 96.5 Å². The highest BCUT2D eigenvalue weighted by molar-refractivity contribution is 5.67. The van der Waals surface area contributed by atoms with E-state index in [1.165, 1.54) is 11.3 Å². The van der Waals surface area contributed by atoms with Gasteiger partial charge in [-0.25, -0.2) is 0 Å². The van der Waals surface area contributed by atoms with Crippen LogP contribution >= 0.6 is 0 Å². The fourth-order valence-electron chi connectivity index (χ4n) is 1.92. The van der Waals surface area contributed by atoms with Gasteiger partial charge in [-0.1, -0.05) is 30.4 Å². The van der Waals surface area contributed by atoms with Crippen molar-refractivity contribution >= 4 is 11.8 Å². The van der Waals surface area contributed by atoms with Crippen LogP contribution < -0.4 is 10.6 Å². The minimum atomic E-state index is 0.581. The van der Waals surface area contributed by atoms with Gasteiger partial charge >= 0.3 is 0 Å². The SMILES string of the molecule is NC/C=C/c1ccccc1N1CCOCC1. The first-order chi connectivity index (χ1) is 7.92. The maximum Gasteiger partial charge on any atom is 0.0642 e. The fraction of sp³-hybridized carbons (Fsp3) is 0.385. The van der Waals surface area contributed by atoms with Gasteiger partial charge in [-0.05, 0) is 11.6 Å². The van der Waals surface area contributed by atoms with E-state index in [0.717, 1.165) is 26.3 Å². The monoisotopic (exact) mass is 218 g/mol. The van der Waals surface area contributed by atoms with Crippen molar-refractivity contribution in [1.29, 1.82) is 0 Å². The highest BCUT2D eigenvalue weighted by Crippen LogP contribution is 2.22. The van der Waals surface area contributed by atoms with E-state index in [4.69, 9.17) is 10.5 Å². The zero-order valence-electron chi connectivity index (χ0n) is 9.43. The Morgan fingerprint density at radius 1 is 1.25 bits per heavy atom. The number of nitrogens with zero attached hydrogens (tertiary/aromatic N) is 1. The van der Waals surface area contributed by atoms with Gasteiger partial charge in [0.1, 0.15) is 0 Å². The lowest BCUT2D eigenvalue weighted by molar-refractivity contribution is 0.122. The molecule has 0 amide bonds. The third-order valence-electron chi connectivity index (χ3n) is 2.72. The van der Waals surface area contributed by atoms with E-state index in [-0.39, 0.29) is 0 Å². The molecule has 1 aromatic carbocycles. The minimum Gasteiger partial charge on any atom is -0.378 e. The van der Waals surface area contributed by atoms with Crippen LogP contribution in [0, 0.1) is 0 Å². The highest BCUT2D eigenvalue weighted by atomic mass is 16.5. The zero-order chi connectivity index (χ0) is 11.2. The number of rotatable bonds is 3. The molecule has 0 bridgehead atoms. The van der Waals surface area contributed by atoms with Gasteiger partial charge in [0.15, 0.2) is 0 Å². The van der Waals surface area contributed by atoms with E-state index in [0.29, 0.717) is 6.54 Å². The van der Waals surface area contributed by atoms with Crippen molar-refractivity contribution in [3.63, 3.8) is 0 Å². The second-order valence-corrected chi connectivity index (χ2v) is 3.80. The van der Waals surface area contributed by atoms with Crippen LogP contribution in [0.25, 0.3) is 6.08 Å². The van der Waals surface area contributed by atoms with Crippen LogP contribution in [0.2, 0.25) is 0 Å². The van der Waals surface area contributed by atoms with Crippen molar-refractivity contribution < 1.29 is 4.74 Å². The molecule has 2 rings (SSSR count). The molecular formula is C13H18N2O. The number of hydrogen-bond donors (Lipinski definition) is 1. The molecule has 0 aliphatic carbocycles. The summed E-state index contributed by atoms with van der Waals surface area (Å²) in [6.07, 6.45) is 4.07. The zero-order valence-corrected chi connectivity index (χ0v) is 9.43. The number of morpholine rings is 1. The molecular weight excluding hydrogens is 200 g/mol. The van der Waals surface area contributed by atoms with Crippen molar-refractivity contribution in [2.45, 2.75) is 0 Å². The lowest BCUT2D eigenvalue weighted by Gasteiger charge is -2.30. The number of ether oxygens (including phenoxy) is 1. The molecule has 3 nitrogen and oxygen atoms in total. The Hall–Kier alpha value is -1.32. The average Bonchev–Trinajstić information content (AvgIpc) is 2.38. The first-order valence-corrected chi connectivity index (χ1v) is 5.70. The van der Waals surface area contributed by atoms with Gasteiger partial charge in [0, 0.05) is 25.3 Å². The van der Waals surface area contributed by atoms with E-state index >= 15 is 0 Å². The van der Waals surface area contributed by atoms with Gasteiger partial charge < -0.3 is 15.4 Å². The Kier molecular flexibility index (Phi) is 3.97. The highest BCUT2D eigenvalue weighted by Gasteiger charge is 2.12. The Morgan fingerprint density at radius 3 is 2.75 bits per heavy atom. The maximum atomic E-state index is 5.48. The van der Waals surface area contributed by atoms with Gasteiger partial charge in [-0.2, -0.15) is 0 Å². The maximum absolute atomic E-state index is 5.48. The molecule has 2 N–H and O–H groups in total. The number of benzene rings is 1. The van der Waals surface area contributed by atoms with Crippen LogP contribution in [-0.4, -0.2) is 32.8 Å². The van der Waals surface area contributed by atoms with E-state index < -0.39 is 0 Å². The molecule has 0 unspecified atom stereocenters. The summed E-state index contributed by atoms with van der Waals surface area (Å²) in [6.45, 7) is 4.14. The molecule has 0 aromatic heterocycles. The first kappa shape index (κ1) is 11.2. The normalized spacial score (nSPS) is 16.9. The van der Waals surface area contributed by atoms with E-state index in [9.17, 15) is 0 Å². The molecule has 1 aromatic rings. The molecule has 16 heavy (non-hydrogen) atoms. The molecule has 0 radical (unpaired) electrons. The molecule has 1 saturated heterocycles. The summed E-state index contributed by atoms with van der Waals surface area (Å²) in [4.78, 5) is 2.36. The van der Waals surface area contributed by atoms with E-state index in [2.05, 4.69) is 35.2 Å². The summed E-state index contributed by atoms with van der Waals surface area (Å²) in [5.41, 5.74) is 7.99. The molecule has 0 spiro atoms. The van der Waals surface area contributed by atoms with Gasteiger partial charge in [-0.3, -0.25) is 0 Å². The largest absolute Gasteiger partial charge is 0.378 e. The first-order valence-electron chi connectivity index (χ1n) is 5.70. The van der Waals surface area contributed by atoms with Gasteiger partial charge in [0.05, 0.1) is 13.2 Å². The summed E-state index contributed by atoms with van der Waals surface area (Å²) in [5.74, 6) is 0. The summed E-state index contributed by atoms with van der Waals surface area (Å²) in [7, 11) is 0. The molecule has 1 fully saturated rings. The second-order valence-electron chi connectivity index (χ2n) is 3.80. The standard InChI is InChI=1S/C13H18N2O/c14-7-3-5-12-4-1-2-6-13(12)15-8-10-16-11-9-15/h1-6H,7-11,14H2/b5-3+. The summed E-state index contributed by atoms with van der Waals surface area (Å²) in [6, 6.07) is 8.41. The molecule has 0 atom stereocenters. The Balaban J connectivity index is 2.20. The van der Waals surface area contributed by atoms with Crippen molar-refractivity contribution in [1.82, 2.24) is 0 Å².